The first kappa shape index (κ1) is 16.6. The Hall–Kier alpha value is -1.88. The van der Waals surface area contributed by atoms with Crippen LogP contribution >= 0.6 is 34.8 Å². The molecule has 0 bridgehead atoms. The van der Waals surface area contributed by atoms with E-state index < -0.39 is 0 Å². The lowest BCUT2D eigenvalue weighted by Crippen LogP contribution is -2.35. The molecule has 0 spiro atoms. The zero-order valence-corrected chi connectivity index (χ0v) is 15.2. The quantitative estimate of drug-likeness (QED) is 0.607. The summed E-state index contributed by atoms with van der Waals surface area (Å²) in [4.78, 5) is 17.8. The Morgan fingerprint density at radius 2 is 1.96 bits per heavy atom. The van der Waals surface area contributed by atoms with Gasteiger partial charge in [0.1, 0.15) is 10.8 Å². The number of phenols is 1. The van der Waals surface area contributed by atoms with E-state index in [0.29, 0.717) is 24.5 Å². The fourth-order valence-electron chi connectivity index (χ4n) is 3.27. The topological polar surface area (TPSA) is 56.3 Å². The van der Waals surface area contributed by atoms with Gasteiger partial charge in [-0.2, -0.15) is 0 Å². The molecular weight excluding hydrogens is 383 g/mol. The number of amides is 1. The first-order valence-electron chi connectivity index (χ1n) is 7.71. The molecule has 4 nitrogen and oxygen atoms in total. The van der Waals surface area contributed by atoms with E-state index in [9.17, 15) is 9.90 Å². The molecule has 4 rings (SSSR count). The number of fused-ring (bicyclic) bond motifs is 3. The van der Waals surface area contributed by atoms with Crippen LogP contribution in [0.4, 0.5) is 0 Å². The van der Waals surface area contributed by atoms with Crippen molar-refractivity contribution >= 4 is 51.6 Å². The van der Waals surface area contributed by atoms with Gasteiger partial charge < -0.3 is 15.0 Å². The highest BCUT2D eigenvalue weighted by atomic mass is 35.5. The minimum absolute atomic E-state index is 0.00882. The number of nitrogens with one attached hydrogen (secondary N) is 1. The zero-order valence-electron chi connectivity index (χ0n) is 12.9. The van der Waals surface area contributed by atoms with Crippen molar-refractivity contribution in [2.45, 2.75) is 13.0 Å². The lowest BCUT2D eigenvalue weighted by Gasteiger charge is -2.27. The van der Waals surface area contributed by atoms with Crippen molar-refractivity contribution in [3.05, 3.63) is 62.2 Å². The second kappa shape index (κ2) is 6.13. The third-order valence-corrected chi connectivity index (χ3v) is 5.55. The van der Waals surface area contributed by atoms with Crippen molar-refractivity contribution in [1.29, 1.82) is 0 Å². The lowest BCUT2D eigenvalue weighted by molar-refractivity contribution is 0.0730. The van der Waals surface area contributed by atoms with Crippen LogP contribution in [0.5, 0.6) is 5.75 Å². The second-order valence-electron chi connectivity index (χ2n) is 6.01. The smallest absolute Gasteiger partial charge is 0.258 e. The summed E-state index contributed by atoms with van der Waals surface area (Å²) in [5.74, 6) is -0.563. The van der Waals surface area contributed by atoms with E-state index in [2.05, 4.69) is 4.98 Å². The summed E-state index contributed by atoms with van der Waals surface area (Å²) >= 11 is 17.9. The summed E-state index contributed by atoms with van der Waals surface area (Å²) in [7, 11) is 0. The number of hydrogen-bond donors (Lipinski definition) is 2. The van der Waals surface area contributed by atoms with Crippen molar-refractivity contribution in [2.24, 2.45) is 0 Å². The molecule has 2 heterocycles. The van der Waals surface area contributed by atoms with Crippen LogP contribution in [0.3, 0.4) is 0 Å². The number of aromatic hydroxyl groups is 1. The maximum absolute atomic E-state index is 12.8. The van der Waals surface area contributed by atoms with Gasteiger partial charge in [0.25, 0.3) is 5.91 Å². The number of hydrogen-bond acceptors (Lipinski definition) is 2. The highest BCUT2D eigenvalue weighted by Crippen LogP contribution is 2.36. The molecule has 3 aromatic rings. The van der Waals surface area contributed by atoms with Gasteiger partial charge in [-0.1, -0.05) is 34.8 Å². The molecule has 0 saturated carbocycles. The Morgan fingerprint density at radius 1 is 1.16 bits per heavy atom. The summed E-state index contributed by atoms with van der Waals surface area (Å²) in [6.45, 7) is 0.977. The van der Waals surface area contributed by atoms with Crippen molar-refractivity contribution in [1.82, 2.24) is 9.88 Å². The van der Waals surface area contributed by atoms with E-state index in [1.165, 1.54) is 17.7 Å². The predicted molar refractivity (Wildman–Crippen MR) is 99.9 cm³/mol. The van der Waals surface area contributed by atoms with Gasteiger partial charge in [0, 0.05) is 28.2 Å². The summed E-state index contributed by atoms with van der Waals surface area (Å²) in [5, 5.41) is 12.1. The summed E-state index contributed by atoms with van der Waals surface area (Å²) < 4.78 is 0. The molecule has 1 aliphatic rings. The Kier molecular flexibility index (Phi) is 4.07. The van der Waals surface area contributed by atoms with Gasteiger partial charge in [0.05, 0.1) is 17.1 Å². The van der Waals surface area contributed by atoms with Crippen LogP contribution in [0.1, 0.15) is 21.6 Å². The minimum atomic E-state index is -0.284. The molecule has 0 saturated heterocycles. The van der Waals surface area contributed by atoms with Crippen LogP contribution < -0.4 is 0 Å². The van der Waals surface area contributed by atoms with Crippen molar-refractivity contribution in [3.8, 4) is 5.75 Å². The number of rotatable bonds is 1. The van der Waals surface area contributed by atoms with Crippen LogP contribution in [0.2, 0.25) is 15.1 Å². The van der Waals surface area contributed by atoms with Gasteiger partial charge in [-0.3, -0.25) is 4.79 Å². The first-order chi connectivity index (χ1) is 12.0. The first-order valence-corrected chi connectivity index (χ1v) is 8.84. The number of carbonyl (C=O) groups excluding carboxylic acids is 1. The van der Waals surface area contributed by atoms with Gasteiger partial charge in [-0.05, 0) is 42.3 Å². The molecule has 2 N–H and O–H groups in total. The number of H-pyrrole nitrogens is 1. The summed E-state index contributed by atoms with van der Waals surface area (Å²) in [6, 6.07) is 8.72. The molecular formula is C18H13Cl3N2O2. The Bertz CT molecular complexity index is 1010. The number of phenolic OH excluding ortho intramolecular Hbond substituents is 1. The maximum atomic E-state index is 12.8. The number of nitrogens with zero attached hydrogens (tertiary/aromatic N) is 1. The van der Waals surface area contributed by atoms with E-state index in [1.54, 1.807) is 4.90 Å². The van der Waals surface area contributed by atoms with Crippen molar-refractivity contribution in [2.75, 3.05) is 6.54 Å². The van der Waals surface area contributed by atoms with Gasteiger partial charge >= 0.3 is 0 Å². The Balaban J connectivity index is 1.67. The molecule has 25 heavy (non-hydrogen) atoms. The zero-order chi connectivity index (χ0) is 17.7. The van der Waals surface area contributed by atoms with E-state index >= 15 is 0 Å². The third-order valence-electron chi connectivity index (χ3n) is 4.52. The summed E-state index contributed by atoms with van der Waals surface area (Å²) in [5.41, 5.74) is 3.31. The van der Waals surface area contributed by atoms with Crippen LogP contribution in [-0.2, 0) is 13.0 Å². The standard InChI is InChI=1S/C18H13Cl3N2O2/c19-9-1-4-14-12(7-9)10-5-6-23(8-15(10)22-14)18(25)11-2-3-13(20)16(21)17(11)24/h1-4,7,22,24H,5-6,8H2. The average molecular weight is 396 g/mol. The number of halogens is 3. The number of aromatic nitrogens is 1. The van der Waals surface area contributed by atoms with Crippen LogP contribution in [0.25, 0.3) is 10.9 Å². The number of carbonyl (C=O) groups is 1. The molecule has 128 valence electrons. The van der Waals surface area contributed by atoms with Gasteiger partial charge in [0.2, 0.25) is 0 Å². The lowest BCUT2D eigenvalue weighted by atomic mass is 10.0. The van der Waals surface area contributed by atoms with Crippen LogP contribution in [-0.4, -0.2) is 27.4 Å². The normalized spacial score (nSPS) is 14.0. The Morgan fingerprint density at radius 3 is 2.76 bits per heavy atom. The molecule has 0 aliphatic carbocycles. The highest BCUT2D eigenvalue weighted by Gasteiger charge is 2.27. The minimum Gasteiger partial charge on any atom is -0.505 e. The summed E-state index contributed by atoms with van der Waals surface area (Å²) in [6.07, 6.45) is 0.712. The van der Waals surface area contributed by atoms with Crippen LogP contribution in [0, 0.1) is 0 Å². The molecule has 1 amide bonds. The number of benzene rings is 2. The largest absolute Gasteiger partial charge is 0.505 e. The van der Waals surface area contributed by atoms with Crippen molar-refractivity contribution < 1.29 is 9.90 Å². The average Bonchev–Trinajstić information content (AvgIpc) is 2.96. The maximum Gasteiger partial charge on any atom is 0.258 e. The van der Waals surface area contributed by atoms with E-state index in [4.69, 9.17) is 34.8 Å². The van der Waals surface area contributed by atoms with Gasteiger partial charge in [0.15, 0.2) is 0 Å². The van der Waals surface area contributed by atoms with Crippen molar-refractivity contribution in [3.63, 3.8) is 0 Å². The van der Waals surface area contributed by atoms with E-state index in [1.807, 2.05) is 18.2 Å². The molecule has 0 unspecified atom stereocenters. The highest BCUT2D eigenvalue weighted by molar-refractivity contribution is 6.43. The SMILES string of the molecule is O=C(c1ccc(Cl)c(Cl)c1O)N1CCc2c([nH]c3ccc(Cl)cc23)C1. The molecule has 1 aliphatic heterocycles. The fraction of sp³-hybridized carbons (Fsp3) is 0.167. The molecule has 0 radical (unpaired) electrons. The molecule has 7 heteroatoms. The second-order valence-corrected chi connectivity index (χ2v) is 7.23. The molecule has 0 fully saturated rings. The van der Waals surface area contributed by atoms with E-state index in [0.717, 1.165) is 16.6 Å². The number of aromatic amines is 1. The third kappa shape index (κ3) is 2.74. The Labute approximate surface area is 158 Å². The molecule has 1 aromatic heterocycles. The monoisotopic (exact) mass is 394 g/mol. The van der Waals surface area contributed by atoms with Crippen LogP contribution in [0.15, 0.2) is 30.3 Å². The van der Waals surface area contributed by atoms with Gasteiger partial charge in [-0.25, -0.2) is 0 Å². The fourth-order valence-corrected chi connectivity index (χ4v) is 3.76. The van der Waals surface area contributed by atoms with E-state index in [-0.39, 0.29) is 27.3 Å². The molecule has 2 aromatic carbocycles. The predicted octanol–water partition coefficient (Wildman–Crippen LogP) is 5.03. The molecule has 0 atom stereocenters. The van der Waals surface area contributed by atoms with Gasteiger partial charge in [-0.15, -0.1) is 0 Å².